The van der Waals surface area contributed by atoms with Gasteiger partial charge in [-0.05, 0) is 22.9 Å². The second-order valence-corrected chi connectivity index (χ2v) is 2.73. The summed E-state index contributed by atoms with van der Waals surface area (Å²) in [5.74, 6) is 0.716. The van der Waals surface area contributed by atoms with Crippen LogP contribution in [0.15, 0.2) is 47.6 Å². The fraction of sp³-hybridized carbons (Fsp3) is 0. The lowest BCUT2D eigenvalue weighted by Crippen LogP contribution is -1.80. The Morgan fingerprint density at radius 3 is 2.54 bits per heavy atom. The van der Waals surface area contributed by atoms with Gasteiger partial charge in [0.25, 0.3) is 0 Å². The molecule has 2 nitrogen and oxygen atoms in total. The minimum Gasteiger partial charge on any atom is -0.358 e. The summed E-state index contributed by atoms with van der Waals surface area (Å²) >= 11 is 0. The molecule has 2 aromatic carbocycles. The van der Waals surface area contributed by atoms with Gasteiger partial charge in [-0.1, -0.05) is 35.5 Å². The van der Waals surface area contributed by atoms with Crippen LogP contribution in [0.4, 0.5) is 0 Å². The highest BCUT2D eigenvalue weighted by Crippen LogP contribution is 2.20. The molecule has 2 heteroatoms. The van der Waals surface area contributed by atoms with E-state index in [9.17, 15) is 0 Å². The second-order valence-electron chi connectivity index (χ2n) is 2.73. The van der Waals surface area contributed by atoms with E-state index in [4.69, 9.17) is 4.84 Å². The number of fused-ring (bicyclic) bond motifs is 1. The van der Waals surface area contributed by atoms with Crippen molar-refractivity contribution >= 4 is 17.5 Å². The van der Waals surface area contributed by atoms with Crippen molar-refractivity contribution in [2.45, 2.75) is 0 Å². The van der Waals surface area contributed by atoms with Gasteiger partial charge in [0.2, 0.25) is 0 Å². The minimum absolute atomic E-state index is 0.716. The number of oxime groups is 1. The first-order valence-electron chi connectivity index (χ1n) is 4.02. The Hall–Kier alpha value is -1.83. The minimum atomic E-state index is 0.716. The molecule has 0 heterocycles. The third-order valence-electron chi connectivity index (χ3n) is 1.89. The lowest BCUT2D eigenvalue weighted by atomic mass is 10.1. The molecule has 0 saturated carbocycles. The molecule has 0 fully saturated rings. The van der Waals surface area contributed by atoms with Gasteiger partial charge in [-0.2, -0.15) is 0 Å². The molecule has 0 aliphatic rings. The Balaban J connectivity index is 2.55. The summed E-state index contributed by atoms with van der Waals surface area (Å²) in [4.78, 5) is 4.93. The van der Waals surface area contributed by atoms with Crippen molar-refractivity contribution in [2.75, 3.05) is 0 Å². The number of benzene rings is 2. The molecule has 0 aromatic heterocycles. The molecule has 2 aromatic rings. The number of hydrogen-bond acceptors (Lipinski definition) is 2. The maximum atomic E-state index is 4.93. The number of rotatable bonds is 2. The average molecular weight is 171 g/mol. The highest BCUT2D eigenvalue weighted by molar-refractivity contribution is 5.83. The summed E-state index contributed by atoms with van der Waals surface area (Å²) in [6.45, 7) is 3.26. The van der Waals surface area contributed by atoms with Crippen LogP contribution in [0.25, 0.3) is 10.8 Å². The van der Waals surface area contributed by atoms with Gasteiger partial charge in [0.15, 0.2) is 5.75 Å². The monoisotopic (exact) mass is 171 g/mol. The van der Waals surface area contributed by atoms with Crippen molar-refractivity contribution < 1.29 is 4.84 Å². The van der Waals surface area contributed by atoms with Gasteiger partial charge < -0.3 is 4.84 Å². The Morgan fingerprint density at radius 1 is 1.00 bits per heavy atom. The molecule has 0 aliphatic carbocycles. The van der Waals surface area contributed by atoms with Crippen LogP contribution < -0.4 is 4.84 Å². The SMILES string of the molecule is C=NOc1ccc2ccccc2c1. The fourth-order valence-electron chi connectivity index (χ4n) is 1.30. The van der Waals surface area contributed by atoms with Crippen molar-refractivity contribution in [2.24, 2.45) is 5.16 Å². The number of hydrogen-bond donors (Lipinski definition) is 0. The van der Waals surface area contributed by atoms with E-state index in [0.29, 0.717) is 5.75 Å². The molecule has 13 heavy (non-hydrogen) atoms. The fourth-order valence-corrected chi connectivity index (χ4v) is 1.30. The molecule has 0 amide bonds. The predicted octanol–water partition coefficient (Wildman–Crippen LogP) is 2.83. The van der Waals surface area contributed by atoms with Gasteiger partial charge in [-0.25, -0.2) is 0 Å². The van der Waals surface area contributed by atoms with Crippen LogP contribution in [0.1, 0.15) is 0 Å². The molecule has 2 rings (SSSR count). The lowest BCUT2D eigenvalue weighted by molar-refractivity contribution is 0.346. The maximum Gasteiger partial charge on any atom is 0.158 e. The van der Waals surface area contributed by atoms with Gasteiger partial charge in [-0.3, -0.25) is 0 Å². The summed E-state index contributed by atoms with van der Waals surface area (Å²) in [5, 5.41) is 5.70. The van der Waals surface area contributed by atoms with E-state index < -0.39 is 0 Å². The molecule has 0 aliphatic heterocycles. The van der Waals surface area contributed by atoms with E-state index in [1.165, 1.54) is 5.39 Å². The van der Waals surface area contributed by atoms with Crippen LogP contribution in [0.5, 0.6) is 5.75 Å². The third-order valence-corrected chi connectivity index (χ3v) is 1.89. The zero-order valence-corrected chi connectivity index (χ0v) is 7.10. The lowest BCUT2D eigenvalue weighted by Gasteiger charge is -1.99. The zero-order valence-electron chi connectivity index (χ0n) is 7.10. The van der Waals surface area contributed by atoms with Crippen molar-refractivity contribution in [1.29, 1.82) is 0 Å². The average Bonchev–Trinajstić information content (AvgIpc) is 2.18. The first-order chi connectivity index (χ1) is 6.40. The van der Waals surface area contributed by atoms with Crippen molar-refractivity contribution in [1.82, 2.24) is 0 Å². The van der Waals surface area contributed by atoms with Crippen LogP contribution in [-0.4, -0.2) is 6.72 Å². The van der Waals surface area contributed by atoms with E-state index in [-0.39, 0.29) is 0 Å². The largest absolute Gasteiger partial charge is 0.358 e. The molecule has 0 atom stereocenters. The summed E-state index contributed by atoms with van der Waals surface area (Å²) in [6.07, 6.45) is 0. The highest BCUT2D eigenvalue weighted by Gasteiger charge is 1.94. The summed E-state index contributed by atoms with van der Waals surface area (Å²) in [7, 11) is 0. The van der Waals surface area contributed by atoms with Crippen molar-refractivity contribution in [3.05, 3.63) is 42.5 Å². The van der Waals surface area contributed by atoms with E-state index in [0.717, 1.165) is 5.39 Å². The predicted molar refractivity (Wildman–Crippen MR) is 54.1 cm³/mol. The summed E-state index contributed by atoms with van der Waals surface area (Å²) < 4.78 is 0. The quantitative estimate of drug-likeness (QED) is 0.503. The van der Waals surface area contributed by atoms with Crippen molar-refractivity contribution in [3.8, 4) is 5.75 Å². The van der Waals surface area contributed by atoms with E-state index in [1.54, 1.807) is 0 Å². The van der Waals surface area contributed by atoms with Crippen LogP contribution in [-0.2, 0) is 0 Å². The van der Waals surface area contributed by atoms with Crippen molar-refractivity contribution in [3.63, 3.8) is 0 Å². The molecule has 0 N–H and O–H groups in total. The first kappa shape index (κ1) is 7.80. The standard InChI is InChI=1S/C11H9NO/c1-12-13-11-7-6-9-4-2-3-5-10(9)8-11/h2-8H,1H2. The third kappa shape index (κ3) is 1.51. The molecule has 64 valence electrons. The smallest absolute Gasteiger partial charge is 0.158 e. The van der Waals surface area contributed by atoms with Gasteiger partial charge in [0, 0.05) is 6.72 Å². The highest BCUT2D eigenvalue weighted by atomic mass is 16.6. The molecular weight excluding hydrogens is 162 g/mol. The van der Waals surface area contributed by atoms with Crippen LogP contribution in [0.3, 0.4) is 0 Å². The molecule has 0 bridgehead atoms. The van der Waals surface area contributed by atoms with Gasteiger partial charge in [0.05, 0.1) is 0 Å². The van der Waals surface area contributed by atoms with Crippen LogP contribution in [0.2, 0.25) is 0 Å². The Kier molecular flexibility index (Phi) is 1.96. The number of nitrogens with zero attached hydrogens (tertiary/aromatic N) is 1. The first-order valence-corrected chi connectivity index (χ1v) is 4.02. The normalized spacial score (nSPS) is 9.85. The Morgan fingerprint density at radius 2 is 1.77 bits per heavy atom. The van der Waals surface area contributed by atoms with Gasteiger partial charge in [-0.15, -0.1) is 0 Å². The van der Waals surface area contributed by atoms with Gasteiger partial charge in [0.1, 0.15) is 0 Å². The summed E-state index contributed by atoms with van der Waals surface area (Å²) in [5.41, 5.74) is 0. The van der Waals surface area contributed by atoms with Gasteiger partial charge >= 0.3 is 0 Å². The molecule has 0 spiro atoms. The second kappa shape index (κ2) is 3.27. The molecular formula is C11H9NO. The Bertz CT molecular complexity index is 437. The molecule has 0 radical (unpaired) electrons. The van der Waals surface area contributed by atoms with E-state index >= 15 is 0 Å². The van der Waals surface area contributed by atoms with Crippen LogP contribution >= 0.6 is 0 Å². The molecule has 0 unspecified atom stereocenters. The topological polar surface area (TPSA) is 21.6 Å². The van der Waals surface area contributed by atoms with E-state index in [2.05, 4.69) is 17.9 Å². The summed E-state index contributed by atoms with van der Waals surface area (Å²) in [6, 6.07) is 13.9. The zero-order chi connectivity index (χ0) is 9.10. The molecule has 0 saturated heterocycles. The maximum absolute atomic E-state index is 4.93. The van der Waals surface area contributed by atoms with Crippen LogP contribution in [0, 0.1) is 0 Å². The Labute approximate surface area is 76.4 Å². The van der Waals surface area contributed by atoms with E-state index in [1.807, 2.05) is 36.4 Å².